The van der Waals surface area contributed by atoms with Crippen LogP contribution in [0.3, 0.4) is 0 Å². The van der Waals surface area contributed by atoms with Crippen molar-refractivity contribution < 1.29 is 4.39 Å². The number of aromatic nitrogens is 1. The summed E-state index contributed by atoms with van der Waals surface area (Å²) >= 11 is 1.51. The van der Waals surface area contributed by atoms with E-state index in [-0.39, 0.29) is 5.82 Å². The fraction of sp³-hybridized carbons (Fsp3) is 0.100. The van der Waals surface area contributed by atoms with Gasteiger partial charge in [0, 0.05) is 13.2 Å². The summed E-state index contributed by atoms with van der Waals surface area (Å²) in [4.78, 5) is 5.09. The Labute approximate surface area is 85.4 Å². The van der Waals surface area contributed by atoms with Crippen LogP contribution in [0, 0.1) is 5.82 Å². The summed E-state index contributed by atoms with van der Waals surface area (Å²) in [7, 11) is 1.81. The van der Waals surface area contributed by atoms with Crippen molar-refractivity contribution in [2.45, 2.75) is 0 Å². The molecule has 0 aliphatic carbocycles. The maximum atomic E-state index is 12.9. The largest absolute Gasteiger partial charge is 0.365 e. The van der Waals surface area contributed by atoms with Gasteiger partial charge in [0.15, 0.2) is 5.13 Å². The van der Waals surface area contributed by atoms with Crippen molar-refractivity contribution in [1.82, 2.24) is 4.98 Å². The Kier molecular flexibility index (Phi) is 2.45. The molecule has 72 valence electrons. The lowest BCUT2D eigenvalue weighted by Crippen LogP contribution is -1.83. The lowest BCUT2D eigenvalue weighted by atomic mass is 10.2. The summed E-state index contributed by atoms with van der Waals surface area (Å²) in [5.74, 6) is -0.220. The molecule has 0 unspecified atom stereocenters. The van der Waals surface area contributed by atoms with Gasteiger partial charge in [0.25, 0.3) is 0 Å². The van der Waals surface area contributed by atoms with Crippen LogP contribution in [0.4, 0.5) is 9.52 Å². The smallest absolute Gasteiger partial charge is 0.182 e. The molecule has 4 heteroatoms. The van der Waals surface area contributed by atoms with E-state index in [9.17, 15) is 4.39 Å². The number of rotatable bonds is 2. The molecule has 0 spiro atoms. The molecule has 2 aromatic rings. The molecule has 0 aliphatic rings. The second-order valence-electron chi connectivity index (χ2n) is 2.79. The first kappa shape index (κ1) is 9.15. The second-order valence-corrected chi connectivity index (χ2v) is 3.82. The lowest BCUT2D eigenvalue weighted by Gasteiger charge is -1.95. The number of nitrogens with zero attached hydrogens (tertiary/aromatic N) is 1. The maximum Gasteiger partial charge on any atom is 0.182 e. The highest BCUT2D eigenvalue weighted by molar-refractivity contribution is 7.18. The van der Waals surface area contributed by atoms with Gasteiger partial charge in [-0.05, 0) is 17.7 Å². The predicted molar refractivity (Wildman–Crippen MR) is 57.1 cm³/mol. The zero-order valence-corrected chi connectivity index (χ0v) is 8.44. The van der Waals surface area contributed by atoms with Crippen LogP contribution >= 0.6 is 11.3 Å². The van der Waals surface area contributed by atoms with Crippen LogP contribution in [0.15, 0.2) is 30.5 Å². The Morgan fingerprint density at radius 2 is 2.29 bits per heavy atom. The van der Waals surface area contributed by atoms with Gasteiger partial charge >= 0.3 is 0 Å². The van der Waals surface area contributed by atoms with Crippen LogP contribution in [0.1, 0.15) is 0 Å². The van der Waals surface area contributed by atoms with Gasteiger partial charge in [0.05, 0.1) is 4.88 Å². The molecule has 0 saturated heterocycles. The number of hydrogen-bond acceptors (Lipinski definition) is 3. The fourth-order valence-corrected chi connectivity index (χ4v) is 1.93. The third-order valence-electron chi connectivity index (χ3n) is 1.83. The van der Waals surface area contributed by atoms with Crippen LogP contribution in [-0.2, 0) is 0 Å². The van der Waals surface area contributed by atoms with Gasteiger partial charge < -0.3 is 5.32 Å². The Morgan fingerprint density at radius 1 is 1.43 bits per heavy atom. The molecule has 14 heavy (non-hydrogen) atoms. The zero-order chi connectivity index (χ0) is 9.97. The van der Waals surface area contributed by atoms with Crippen LogP contribution in [0.25, 0.3) is 10.4 Å². The summed E-state index contributed by atoms with van der Waals surface area (Å²) in [6, 6.07) is 6.51. The molecule has 0 aliphatic heterocycles. The average molecular weight is 208 g/mol. The van der Waals surface area contributed by atoms with E-state index in [4.69, 9.17) is 0 Å². The van der Waals surface area contributed by atoms with Crippen molar-refractivity contribution in [3.8, 4) is 10.4 Å². The maximum absolute atomic E-state index is 12.9. The summed E-state index contributed by atoms with van der Waals surface area (Å²) in [6.07, 6.45) is 1.74. The number of halogens is 1. The number of thiazole rings is 1. The Balaban J connectivity index is 2.39. The van der Waals surface area contributed by atoms with E-state index in [2.05, 4.69) is 10.3 Å². The monoisotopic (exact) mass is 208 g/mol. The molecule has 1 aromatic carbocycles. The average Bonchev–Trinajstić information content (AvgIpc) is 2.66. The van der Waals surface area contributed by atoms with Gasteiger partial charge in [-0.1, -0.05) is 23.5 Å². The molecule has 1 heterocycles. The van der Waals surface area contributed by atoms with Crippen molar-refractivity contribution in [2.24, 2.45) is 0 Å². The normalized spacial score (nSPS) is 10.1. The molecule has 0 radical (unpaired) electrons. The Morgan fingerprint density at radius 3 is 2.93 bits per heavy atom. The van der Waals surface area contributed by atoms with Crippen molar-refractivity contribution in [3.63, 3.8) is 0 Å². The van der Waals surface area contributed by atoms with Crippen molar-refractivity contribution in [3.05, 3.63) is 36.3 Å². The van der Waals surface area contributed by atoms with E-state index < -0.39 is 0 Å². The highest BCUT2D eigenvalue weighted by Gasteiger charge is 2.03. The summed E-state index contributed by atoms with van der Waals surface area (Å²) < 4.78 is 12.9. The summed E-state index contributed by atoms with van der Waals surface area (Å²) in [5, 5.41) is 3.78. The van der Waals surface area contributed by atoms with E-state index >= 15 is 0 Å². The first-order valence-electron chi connectivity index (χ1n) is 4.19. The first-order chi connectivity index (χ1) is 6.79. The minimum atomic E-state index is -0.220. The number of hydrogen-bond donors (Lipinski definition) is 1. The summed E-state index contributed by atoms with van der Waals surface area (Å²) in [6.45, 7) is 0. The van der Waals surface area contributed by atoms with Crippen molar-refractivity contribution >= 4 is 16.5 Å². The van der Waals surface area contributed by atoms with Crippen LogP contribution in [0.5, 0.6) is 0 Å². The molecule has 2 nitrogen and oxygen atoms in total. The van der Waals surface area contributed by atoms with Crippen LogP contribution in [-0.4, -0.2) is 12.0 Å². The molecular formula is C10H9FN2S. The number of anilines is 1. The predicted octanol–water partition coefficient (Wildman–Crippen LogP) is 2.99. The van der Waals surface area contributed by atoms with Gasteiger partial charge in [0.2, 0.25) is 0 Å². The third kappa shape index (κ3) is 1.75. The van der Waals surface area contributed by atoms with Gasteiger partial charge in [-0.3, -0.25) is 0 Å². The Hall–Kier alpha value is -1.42. The second kappa shape index (κ2) is 3.75. The molecule has 0 fully saturated rings. The van der Waals surface area contributed by atoms with Crippen LogP contribution in [0.2, 0.25) is 0 Å². The summed E-state index contributed by atoms with van der Waals surface area (Å²) in [5.41, 5.74) is 0.865. The standard InChI is InChI=1S/C10H9FN2S/c1-12-10-13-6-9(14-10)7-3-2-4-8(11)5-7/h2-6H,1H3,(H,12,13). The molecule has 1 aromatic heterocycles. The van der Waals surface area contributed by atoms with Crippen LogP contribution < -0.4 is 5.32 Å². The number of nitrogens with one attached hydrogen (secondary N) is 1. The minimum absolute atomic E-state index is 0.220. The molecule has 0 amide bonds. The van der Waals surface area contributed by atoms with Gasteiger partial charge in [-0.15, -0.1) is 0 Å². The van der Waals surface area contributed by atoms with Gasteiger partial charge in [-0.25, -0.2) is 9.37 Å². The van der Waals surface area contributed by atoms with Crippen molar-refractivity contribution in [1.29, 1.82) is 0 Å². The molecule has 2 rings (SSSR count). The highest BCUT2D eigenvalue weighted by atomic mass is 32.1. The highest BCUT2D eigenvalue weighted by Crippen LogP contribution is 2.28. The lowest BCUT2D eigenvalue weighted by molar-refractivity contribution is 0.628. The topological polar surface area (TPSA) is 24.9 Å². The SMILES string of the molecule is CNc1ncc(-c2cccc(F)c2)s1. The minimum Gasteiger partial charge on any atom is -0.365 e. The van der Waals surface area contributed by atoms with E-state index in [1.807, 2.05) is 13.1 Å². The number of benzene rings is 1. The van der Waals surface area contributed by atoms with Gasteiger partial charge in [-0.2, -0.15) is 0 Å². The third-order valence-corrected chi connectivity index (χ3v) is 2.89. The molecule has 0 saturated carbocycles. The Bertz CT molecular complexity index is 439. The molecule has 0 bridgehead atoms. The molecular weight excluding hydrogens is 199 g/mol. The van der Waals surface area contributed by atoms with E-state index in [0.717, 1.165) is 15.6 Å². The van der Waals surface area contributed by atoms with Gasteiger partial charge in [0.1, 0.15) is 5.82 Å². The van der Waals surface area contributed by atoms with E-state index in [1.165, 1.54) is 23.5 Å². The fourth-order valence-electron chi connectivity index (χ4n) is 1.16. The first-order valence-corrected chi connectivity index (χ1v) is 5.01. The molecule has 0 atom stereocenters. The zero-order valence-electron chi connectivity index (χ0n) is 7.62. The van der Waals surface area contributed by atoms with E-state index in [0.29, 0.717) is 0 Å². The quantitative estimate of drug-likeness (QED) is 0.820. The van der Waals surface area contributed by atoms with E-state index in [1.54, 1.807) is 12.3 Å². The molecule has 1 N–H and O–H groups in total. The van der Waals surface area contributed by atoms with Crippen molar-refractivity contribution in [2.75, 3.05) is 12.4 Å².